The van der Waals surface area contributed by atoms with Gasteiger partial charge in [0.25, 0.3) is 0 Å². The van der Waals surface area contributed by atoms with E-state index in [0.29, 0.717) is 39.0 Å². The second-order valence-corrected chi connectivity index (χ2v) is 11.6. The molecule has 0 aliphatic carbocycles. The lowest BCUT2D eigenvalue weighted by molar-refractivity contribution is -0.130. The number of ketones is 2. The maximum absolute atomic E-state index is 12.8. The summed E-state index contributed by atoms with van der Waals surface area (Å²) in [5.41, 5.74) is 6.17. The van der Waals surface area contributed by atoms with Gasteiger partial charge in [0.2, 0.25) is 11.8 Å². The van der Waals surface area contributed by atoms with Crippen molar-refractivity contribution in [2.75, 3.05) is 13.1 Å². The molecule has 6 rings (SSSR count). The Morgan fingerprint density at radius 1 is 0.543 bits per heavy atom. The molecule has 2 aliphatic heterocycles. The normalized spacial score (nSPS) is 16.5. The highest BCUT2D eigenvalue weighted by atomic mass is 16.2. The number of benzene rings is 4. The third kappa shape index (κ3) is 7.64. The van der Waals surface area contributed by atoms with Crippen LogP contribution in [0.5, 0.6) is 0 Å². The minimum atomic E-state index is -0.274. The van der Waals surface area contributed by atoms with Crippen LogP contribution in [-0.2, 0) is 45.1 Å². The summed E-state index contributed by atoms with van der Waals surface area (Å²) in [6, 6.07) is 35.2. The van der Waals surface area contributed by atoms with Gasteiger partial charge in [0.1, 0.15) is 11.6 Å². The van der Waals surface area contributed by atoms with E-state index >= 15 is 0 Å². The zero-order valence-corrected chi connectivity index (χ0v) is 25.9. The second-order valence-electron chi connectivity index (χ2n) is 11.6. The summed E-state index contributed by atoms with van der Waals surface area (Å²) in [6.07, 6.45) is 3.39. The number of rotatable bonds is 8. The Morgan fingerprint density at radius 3 is 1.26 bits per heavy atom. The molecule has 4 aromatic rings. The molecule has 2 heterocycles. The highest BCUT2D eigenvalue weighted by molar-refractivity contribution is 5.92. The average Bonchev–Trinajstić information content (AvgIpc) is 3.11. The van der Waals surface area contributed by atoms with E-state index in [2.05, 4.69) is 13.2 Å². The highest BCUT2D eigenvalue weighted by Gasteiger charge is 2.32. The molecule has 2 amide bonds. The molecule has 6 nitrogen and oxygen atoms in total. The number of Topliss-reactive ketones (excluding diaryl/α,β-unsaturated/α-hetero) is 2. The first-order chi connectivity index (χ1) is 22.4. The Bertz CT molecular complexity index is 1600. The first-order valence-electron chi connectivity index (χ1n) is 15.5. The van der Waals surface area contributed by atoms with Gasteiger partial charge in [-0.05, 0) is 45.5 Å². The summed E-state index contributed by atoms with van der Waals surface area (Å²) in [5, 5.41) is 0. The molecule has 0 unspecified atom stereocenters. The van der Waals surface area contributed by atoms with E-state index in [4.69, 9.17) is 0 Å². The maximum atomic E-state index is 12.8. The van der Waals surface area contributed by atoms with Crippen molar-refractivity contribution in [3.8, 4) is 0 Å². The zero-order chi connectivity index (χ0) is 32.5. The number of nitrogens with zero attached hydrogens (tertiary/aromatic N) is 2. The second kappa shape index (κ2) is 15.1. The summed E-state index contributed by atoms with van der Waals surface area (Å²) >= 11 is 0. The van der Waals surface area contributed by atoms with Crippen LogP contribution in [0.3, 0.4) is 0 Å². The fourth-order valence-corrected chi connectivity index (χ4v) is 6.20. The Morgan fingerprint density at radius 2 is 0.891 bits per heavy atom. The fourth-order valence-electron chi connectivity index (χ4n) is 6.20. The van der Waals surface area contributed by atoms with Gasteiger partial charge in [0, 0.05) is 39.0 Å². The van der Waals surface area contributed by atoms with Gasteiger partial charge in [0.15, 0.2) is 0 Å². The van der Waals surface area contributed by atoms with Crippen molar-refractivity contribution in [2.24, 2.45) is 0 Å². The van der Waals surface area contributed by atoms with E-state index in [1.54, 1.807) is 9.80 Å². The lowest BCUT2D eigenvalue weighted by atomic mass is 9.84. The number of amides is 2. The first kappa shape index (κ1) is 32.0. The largest absolute Gasteiger partial charge is 0.334 e. The number of hydrogen-bond donors (Lipinski definition) is 0. The SMILES string of the molecule is C=CC(=O)N1Cc2ccccc2[C@@H](C(=O)Cc2ccccc2)C1.C=CC(=O)N1Cc2ccccc2[C@H](C(=O)Cc2ccccc2)C1. The van der Waals surface area contributed by atoms with Crippen molar-refractivity contribution < 1.29 is 19.2 Å². The predicted octanol–water partition coefficient (Wildman–Crippen LogP) is 6.22. The summed E-state index contributed by atoms with van der Waals surface area (Å²) in [5.74, 6) is -0.516. The summed E-state index contributed by atoms with van der Waals surface area (Å²) in [4.78, 5) is 53.0. The summed E-state index contributed by atoms with van der Waals surface area (Å²) < 4.78 is 0. The quantitative estimate of drug-likeness (QED) is 0.222. The molecule has 232 valence electrons. The highest BCUT2D eigenvalue weighted by Crippen LogP contribution is 2.31. The standard InChI is InChI=1S/2C20H19NO2/c2*1-2-20(23)21-13-16-10-6-7-11-17(16)18(14-21)19(22)12-15-8-4-3-5-9-15/h2*2-11,18H,1,12-14H2/t2*18-/m10/s1. The molecule has 0 N–H and O–H groups in total. The molecule has 0 fully saturated rings. The van der Waals surface area contributed by atoms with E-state index in [1.165, 1.54) is 12.2 Å². The van der Waals surface area contributed by atoms with Gasteiger partial charge in [-0.1, -0.05) is 122 Å². The summed E-state index contributed by atoms with van der Waals surface area (Å²) in [6.45, 7) is 9.03. The van der Waals surface area contributed by atoms with Gasteiger partial charge in [-0.25, -0.2) is 0 Å². The van der Waals surface area contributed by atoms with E-state index in [9.17, 15) is 19.2 Å². The van der Waals surface area contributed by atoms with Gasteiger partial charge >= 0.3 is 0 Å². The Balaban J connectivity index is 0.000000181. The van der Waals surface area contributed by atoms with Crippen LogP contribution in [0.4, 0.5) is 0 Å². The van der Waals surface area contributed by atoms with Crippen LogP contribution in [-0.4, -0.2) is 46.3 Å². The molecule has 4 aromatic carbocycles. The molecule has 2 atom stereocenters. The summed E-state index contributed by atoms with van der Waals surface area (Å²) in [7, 11) is 0. The number of fused-ring (bicyclic) bond motifs is 2. The van der Waals surface area contributed by atoms with Crippen LogP contribution in [0.2, 0.25) is 0 Å². The van der Waals surface area contributed by atoms with Gasteiger partial charge < -0.3 is 9.80 Å². The van der Waals surface area contributed by atoms with Crippen LogP contribution in [0.25, 0.3) is 0 Å². The Hall–Kier alpha value is -5.36. The van der Waals surface area contributed by atoms with E-state index in [-0.39, 0.29) is 35.2 Å². The molecule has 0 bridgehead atoms. The van der Waals surface area contributed by atoms with Crippen molar-refractivity contribution in [3.63, 3.8) is 0 Å². The molecule has 0 saturated carbocycles. The smallest absolute Gasteiger partial charge is 0.246 e. The van der Waals surface area contributed by atoms with Crippen molar-refractivity contribution in [3.05, 3.63) is 168 Å². The number of carbonyl (C=O) groups excluding carboxylic acids is 4. The molecular weight excluding hydrogens is 572 g/mol. The van der Waals surface area contributed by atoms with Gasteiger partial charge in [0.05, 0.1) is 11.8 Å². The molecule has 2 aliphatic rings. The zero-order valence-electron chi connectivity index (χ0n) is 25.9. The van der Waals surface area contributed by atoms with Crippen molar-refractivity contribution in [1.82, 2.24) is 9.80 Å². The number of hydrogen-bond acceptors (Lipinski definition) is 4. The third-order valence-electron chi connectivity index (χ3n) is 8.58. The van der Waals surface area contributed by atoms with E-state index in [1.807, 2.05) is 109 Å². The molecule has 0 radical (unpaired) electrons. The minimum Gasteiger partial charge on any atom is -0.334 e. The van der Waals surface area contributed by atoms with Gasteiger partial charge in [-0.2, -0.15) is 0 Å². The van der Waals surface area contributed by atoms with Crippen molar-refractivity contribution >= 4 is 23.4 Å². The molecule has 0 saturated heterocycles. The van der Waals surface area contributed by atoms with Gasteiger partial charge in [-0.15, -0.1) is 0 Å². The number of carbonyl (C=O) groups is 4. The van der Waals surface area contributed by atoms with Crippen LogP contribution in [0.1, 0.15) is 45.2 Å². The van der Waals surface area contributed by atoms with E-state index < -0.39 is 0 Å². The van der Waals surface area contributed by atoms with E-state index in [0.717, 1.165) is 33.4 Å². The lowest BCUT2D eigenvalue weighted by Crippen LogP contribution is -2.40. The van der Waals surface area contributed by atoms with Gasteiger partial charge in [-0.3, -0.25) is 19.2 Å². The predicted molar refractivity (Wildman–Crippen MR) is 180 cm³/mol. The van der Waals surface area contributed by atoms with Crippen LogP contribution in [0, 0.1) is 0 Å². The van der Waals surface area contributed by atoms with Crippen LogP contribution >= 0.6 is 0 Å². The lowest BCUT2D eigenvalue weighted by Gasteiger charge is -2.33. The fraction of sp³-hybridized carbons (Fsp3) is 0.200. The van der Waals surface area contributed by atoms with Crippen molar-refractivity contribution in [1.29, 1.82) is 0 Å². The Labute approximate surface area is 270 Å². The monoisotopic (exact) mass is 610 g/mol. The molecule has 6 heteroatoms. The van der Waals surface area contributed by atoms with Crippen LogP contribution in [0.15, 0.2) is 135 Å². The maximum Gasteiger partial charge on any atom is 0.246 e. The van der Waals surface area contributed by atoms with Crippen LogP contribution < -0.4 is 0 Å². The van der Waals surface area contributed by atoms with Crippen molar-refractivity contribution in [2.45, 2.75) is 37.8 Å². The average molecular weight is 611 g/mol. The molecule has 0 spiro atoms. The molecule has 46 heavy (non-hydrogen) atoms. The first-order valence-corrected chi connectivity index (χ1v) is 15.5. The molecule has 0 aromatic heterocycles. The molecular formula is C40H38N2O4. The Kier molecular flexibility index (Phi) is 10.5. The third-order valence-corrected chi connectivity index (χ3v) is 8.58. The topological polar surface area (TPSA) is 74.8 Å². The minimum absolute atomic E-state index is 0.128.